The minimum Gasteiger partial charge on any atom is -0.462 e. The van der Waals surface area contributed by atoms with Crippen LogP contribution in [0.1, 0.15) is 17.3 Å². The number of hydrogen-bond donors (Lipinski definition) is 2. The zero-order valence-electron chi connectivity index (χ0n) is 12.9. The number of esters is 1. The predicted molar refractivity (Wildman–Crippen MR) is 98.5 cm³/mol. The number of hydrogen-bond acceptors (Lipinski definition) is 6. The molecule has 0 aliphatic rings. The van der Waals surface area contributed by atoms with Gasteiger partial charge >= 0.3 is 5.97 Å². The molecular formula is C17H15N3O2S2. The molecule has 0 saturated heterocycles. The van der Waals surface area contributed by atoms with E-state index in [2.05, 4.69) is 9.97 Å². The first-order chi connectivity index (χ1) is 11.6. The number of carbonyl (C=O) groups is 1. The van der Waals surface area contributed by atoms with Crippen LogP contribution in [-0.2, 0) is 4.74 Å². The van der Waals surface area contributed by atoms with Crippen molar-refractivity contribution in [2.45, 2.75) is 6.92 Å². The molecule has 0 unspecified atom stereocenters. The fourth-order valence-electron chi connectivity index (χ4n) is 2.22. The molecular weight excluding hydrogens is 342 g/mol. The van der Waals surface area contributed by atoms with Crippen LogP contribution in [-0.4, -0.2) is 22.5 Å². The zero-order chi connectivity index (χ0) is 17.1. The van der Waals surface area contributed by atoms with Crippen LogP contribution in [0.25, 0.3) is 21.8 Å². The van der Waals surface area contributed by atoms with E-state index in [1.165, 1.54) is 11.3 Å². The lowest BCUT2D eigenvalue weighted by atomic mass is 10.1. The number of nitrogens with zero attached hydrogens (tertiary/aromatic N) is 1. The van der Waals surface area contributed by atoms with Crippen LogP contribution < -0.4 is 5.73 Å². The van der Waals surface area contributed by atoms with E-state index in [9.17, 15) is 4.79 Å². The van der Waals surface area contributed by atoms with E-state index in [1.54, 1.807) is 13.0 Å². The fraction of sp³-hybridized carbons (Fsp3) is 0.118. The highest BCUT2D eigenvalue weighted by Gasteiger charge is 2.16. The first kappa shape index (κ1) is 16.4. The Labute approximate surface area is 148 Å². The molecule has 0 saturated carbocycles. The van der Waals surface area contributed by atoms with Crippen LogP contribution in [0.2, 0.25) is 0 Å². The quantitative estimate of drug-likeness (QED) is 0.538. The molecule has 2 heterocycles. The smallest absolute Gasteiger partial charge is 0.341 e. The van der Waals surface area contributed by atoms with Crippen molar-refractivity contribution >= 4 is 35.3 Å². The van der Waals surface area contributed by atoms with Gasteiger partial charge in [-0.15, -0.1) is 11.3 Å². The molecule has 0 spiro atoms. The highest BCUT2D eigenvalue weighted by atomic mass is 32.1. The standard InChI is InChI=1S/C17H15N3O2S2/c1-2-22-17(21)11-8-12(15(23)20-14(11)18)16-19-13(9-24-16)10-6-4-3-5-7-10/h3-9H,2H2,1H3,(H3,18,20,23). The third kappa shape index (κ3) is 3.22. The Bertz CT molecular complexity index is 933. The number of ether oxygens (including phenoxy) is 1. The van der Waals surface area contributed by atoms with Gasteiger partial charge < -0.3 is 15.5 Å². The van der Waals surface area contributed by atoms with Crippen molar-refractivity contribution < 1.29 is 9.53 Å². The van der Waals surface area contributed by atoms with Gasteiger partial charge in [-0.1, -0.05) is 42.5 Å². The van der Waals surface area contributed by atoms with Gasteiger partial charge in [-0.2, -0.15) is 0 Å². The number of rotatable bonds is 4. The minimum atomic E-state index is -0.484. The van der Waals surface area contributed by atoms with Gasteiger partial charge in [-0.05, 0) is 13.0 Å². The first-order valence-electron chi connectivity index (χ1n) is 7.31. The maximum Gasteiger partial charge on any atom is 0.341 e. The molecule has 5 nitrogen and oxygen atoms in total. The van der Waals surface area contributed by atoms with E-state index >= 15 is 0 Å². The molecule has 7 heteroatoms. The van der Waals surface area contributed by atoms with Gasteiger partial charge in [0, 0.05) is 16.5 Å². The topological polar surface area (TPSA) is 81.0 Å². The summed E-state index contributed by atoms with van der Waals surface area (Å²) in [7, 11) is 0. The lowest BCUT2D eigenvalue weighted by Gasteiger charge is -2.07. The number of nitrogens with two attached hydrogens (primary N) is 1. The second kappa shape index (κ2) is 6.94. The SMILES string of the molecule is CCOC(=O)c1cc(-c2nc(-c3ccccc3)cs2)c(=S)[nH]c1N. The molecule has 1 aromatic carbocycles. The molecule has 0 aliphatic heterocycles. The van der Waals surface area contributed by atoms with E-state index in [1.807, 2.05) is 35.7 Å². The average Bonchev–Trinajstić information content (AvgIpc) is 3.05. The molecule has 0 amide bonds. The summed E-state index contributed by atoms with van der Waals surface area (Å²) < 4.78 is 5.46. The minimum absolute atomic E-state index is 0.196. The summed E-state index contributed by atoms with van der Waals surface area (Å²) in [5, 5.41) is 2.68. The molecule has 0 aliphatic carbocycles. The van der Waals surface area contributed by atoms with Crippen LogP contribution in [0.15, 0.2) is 41.8 Å². The molecule has 24 heavy (non-hydrogen) atoms. The molecule has 3 aromatic rings. The van der Waals surface area contributed by atoms with Crippen molar-refractivity contribution in [2.75, 3.05) is 12.3 Å². The number of benzene rings is 1. The molecule has 0 bridgehead atoms. The summed E-state index contributed by atoms with van der Waals surface area (Å²) in [6, 6.07) is 11.5. The van der Waals surface area contributed by atoms with Crippen LogP contribution in [0.5, 0.6) is 0 Å². The number of anilines is 1. The van der Waals surface area contributed by atoms with Gasteiger partial charge in [0.1, 0.15) is 21.0 Å². The lowest BCUT2D eigenvalue weighted by Crippen LogP contribution is -2.10. The molecule has 0 atom stereocenters. The lowest BCUT2D eigenvalue weighted by molar-refractivity contribution is 0.0527. The third-order valence-electron chi connectivity index (χ3n) is 3.37. The maximum atomic E-state index is 12.0. The molecule has 0 fully saturated rings. The van der Waals surface area contributed by atoms with Crippen molar-refractivity contribution in [3.63, 3.8) is 0 Å². The van der Waals surface area contributed by atoms with Gasteiger partial charge in [0.15, 0.2) is 0 Å². The summed E-state index contributed by atoms with van der Waals surface area (Å²) in [6.45, 7) is 2.02. The van der Waals surface area contributed by atoms with Crippen molar-refractivity contribution in [3.05, 3.63) is 52.0 Å². The Balaban J connectivity index is 2.04. The zero-order valence-corrected chi connectivity index (χ0v) is 14.5. The number of H-pyrrole nitrogens is 1. The van der Waals surface area contributed by atoms with Gasteiger partial charge in [0.2, 0.25) is 0 Å². The molecule has 122 valence electrons. The highest BCUT2D eigenvalue weighted by molar-refractivity contribution is 7.71. The number of aromatic amines is 1. The molecule has 3 rings (SSSR count). The average molecular weight is 357 g/mol. The summed E-state index contributed by atoms with van der Waals surface area (Å²) >= 11 is 6.80. The van der Waals surface area contributed by atoms with Crippen LogP contribution in [0, 0.1) is 4.64 Å². The van der Waals surface area contributed by atoms with E-state index in [0.29, 0.717) is 10.2 Å². The molecule has 0 radical (unpaired) electrons. The number of aromatic nitrogens is 2. The van der Waals surface area contributed by atoms with Crippen LogP contribution in [0.3, 0.4) is 0 Å². The number of thiazole rings is 1. The first-order valence-corrected chi connectivity index (χ1v) is 8.60. The van der Waals surface area contributed by atoms with Gasteiger partial charge in [0.25, 0.3) is 0 Å². The summed E-state index contributed by atoms with van der Waals surface area (Å²) in [4.78, 5) is 19.5. The summed E-state index contributed by atoms with van der Waals surface area (Å²) in [6.07, 6.45) is 0. The van der Waals surface area contributed by atoms with E-state index in [-0.39, 0.29) is 18.0 Å². The molecule has 2 aromatic heterocycles. The fourth-order valence-corrected chi connectivity index (χ4v) is 3.40. The number of carbonyl (C=O) groups excluding carboxylic acids is 1. The predicted octanol–water partition coefficient (Wildman–Crippen LogP) is 4.29. The van der Waals surface area contributed by atoms with Crippen molar-refractivity contribution in [3.8, 4) is 21.8 Å². The Morgan fingerprint density at radius 1 is 1.38 bits per heavy atom. The van der Waals surface area contributed by atoms with Crippen LogP contribution >= 0.6 is 23.6 Å². The number of nitrogens with one attached hydrogen (secondary N) is 1. The maximum absolute atomic E-state index is 12.0. The van der Waals surface area contributed by atoms with Gasteiger partial charge in [-0.3, -0.25) is 0 Å². The monoisotopic (exact) mass is 357 g/mol. The normalized spacial score (nSPS) is 10.5. The van der Waals surface area contributed by atoms with Gasteiger partial charge in [0.05, 0.1) is 12.3 Å². The molecule has 3 N–H and O–H groups in total. The Morgan fingerprint density at radius 2 is 2.12 bits per heavy atom. The van der Waals surface area contributed by atoms with E-state index < -0.39 is 5.97 Å². The van der Waals surface area contributed by atoms with Crippen molar-refractivity contribution in [2.24, 2.45) is 0 Å². The Kier molecular flexibility index (Phi) is 4.73. The second-order valence-electron chi connectivity index (χ2n) is 4.96. The van der Waals surface area contributed by atoms with Crippen molar-refractivity contribution in [1.29, 1.82) is 0 Å². The van der Waals surface area contributed by atoms with E-state index in [0.717, 1.165) is 16.3 Å². The highest BCUT2D eigenvalue weighted by Crippen LogP contribution is 2.30. The van der Waals surface area contributed by atoms with E-state index in [4.69, 9.17) is 22.7 Å². The largest absolute Gasteiger partial charge is 0.462 e. The van der Waals surface area contributed by atoms with Crippen LogP contribution in [0.4, 0.5) is 5.82 Å². The summed E-state index contributed by atoms with van der Waals surface area (Å²) in [5.41, 5.74) is 8.66. The second-order valence-corrected chi connectivity index (χ2v) is 6.23. The number of nitrogen functional groups attached to an aromatic ring is 1. The van der Waals surface area contributed by atoms with Crippen molar-refractivity contribution in [1.82, 2.24) is 9.97 Å². The Morgan fingerprint density at radius 3 is 2.83 bits per heavy atom. The summed E-state index contributed by atoms with van der Waals surface area (Å²) in [5.74, 6) is -0.288. The third-order valence-corrected chi connectivity index (χ3v) is 4.57. The Hall–Kier alpha value is -2.51. The van der Waals surface area contributed by atoms with Gasteiger partial charge in [-0.25, -0.2) is 9.78 Å². The number of pyridine rings is 1.